The molecular weight excluding hydrogens is 230 g/mol. The number of hydrogen-bond donors (Lipinski definition) is 2. The van der Waals surface area contributed by atoms with Crippen LogP contribution in [-0.4, -0.2) is 4.98 Å². The largest absolute Gasteiger partial charge is 0.397 e. The average Bonchev–Trinajstić information content (AvgIpc) is 2.79. The SMILES string of the molecule is CCc1cnc(CNc2cccc(C)c2N)s1. The Morgan fingerprint density at radius 1 is 1.41 bits per heavy atom. The fourth-order valence-corrected chi connectivity index (χ4v) is 2.40. The number of nitrogens with zero attached hydrogens (tertiary/aromatic N) is 1. The summed E-state index contributed by atoms with van der Waals surface area (Å²) in [4.78, 5) is 5.69. The van der Waals surface area contributed by atoms with Gasteiger partial charge in [0.05, 0.1) is 17.9 Å². The lowest BCUT2D eigenvalue weighted by atomic mass is 10.2. The quantitative estimate of drug-likeness (QED) is 0.816. The molecule has 1 aromatic carbocycles. The number of nitrogens with one attached hydrogen (secondary N) is 1. The van der Waals surface area contributed by atoms with E-state index in [2.05, 4.69) is 17.2 Å². The molecule has 0 saturated carbocycles. The molecule has 0 spiro atoms. The average molecular weight is 247 g/mol. The number of aromatic nitrogens is 1. The van der Waals surface area contributed by atoms with Gasteiger partial charge in [-0.05, 0) is 25.0 Å². The molecule has 0 fully saturated rings. The standard InChI is InChI=1S/C13H17N3S/c1-3-10-7-16-12(17-10)8-15-11-6-4-5-9(2)13(11)14/h4-7,15H,3,8,14H2,1-2H3. The summed E-state index contributed by atoms with van der Waals surface area (Å²) in [5.74, 6) is 0. The van der Waals surface area contributed by atoms with E-state index in [-0.39, 0.29) is 0 Å². The number of anilines is 2. The second-order valence-corrected chi connectivity index (χ2v) is 5.16. The van der Waals surface area contributed by atoms with Crippen molar-refractivity contribution in [2.45, 2.75) is 26.8 Å². The van der Waals surface area contributed by atoms with Crippen molar-refractivity contribution < 1.29 is 0 Å². The maximum atomic E-state index is 6.00. The Bertz CT molecular complexity index is 505. The van der Waals surface area contributed by atoms with Crippen LogP contribution in [-0.2, 0) is 13.0 Å². The van der Waals surface area contributed by atoms with Crippen molar-refractivity contribution in [2.75, 3.05) is 11.1 Å². The van der Waals surface area contributed by atoms with E-state index < -0.39 is 0 Å². The van der Waals surface area contributed by atoms with Gasteiger partial charge in [0.1, 0.15) is 5.01 Å². The highest BCUT2D eigenvalue weighted by atomic mass is 32.1. The van der Waals surface area contributed by atoms with E-state index in [1.54, 1.807) is 11.3 Å². The normalized spacial score (nSPS) is 10.5. The zero-order chi connectivity index (χ0) is 12.3. The Labute approximate surface area is 106 Å². The predicted molar refractivity (Wildman–Crippen MR) is 74.4 cm³/mol. The number of thiazole rings is 1. The van der Waals surface area contributed by atoms with Gasteiger partial charge in [-0.1, -0.05) is 19.1 Å². The molecule has 0 amide bonds. The molecule has 1 aromatic heterocycles. The summed E-state index contributed by atoms with van der Waals surface area (Å²) in [6.07, 6.45) is 2.99. The van der Waals surface area contributed by atoms with Gasteiger partial charge < -0.3 is 11.1 Å². The van der Waals surface area contributed by atoms with Gasteiger partial charge >= 0.3 is 0 Å². The molecule has 0 atom stereocenters. The van der Waals surface area contributed by atoms with Crippen molar-refractivity contribution in [1.29, 1.82) is 0 Å². The van der Waals surface area contributed by atoms with E-state index in [9.17, 15) is 0 Å². The highest BCUT2D eigenvalue weighted by molar-refractivity contribution is 7.11. The van der Waals surface area contributed by atoms with E-state index in [0.717, 1.165) is 34.9 Å². The number of aryl methyl sites for hydroxylation is 2. The lowest BCUT2D eigenvalue weighted by Crippen LogP contribution is -2.03. The summed E-state index contributed by atoms with van der Waals surface area (Å²) in [6, 6.07) is 6.02. The van der Waals surface area contributed by atoms with Crippen LogP contribution in [0.25, 0.3) is 0 Å². The van der Waals surface area contributed by atoms with Gasteiger partial charge in [-0.2, -0.15) is 0 Å². The third-order valence-electron chi connectivity index (χ3n) is 2.70. The molecular formula is C13H17N3S. The topological polar surface area (TPSA) is 50.9 Å². The number of hydrogen-bond acceptors (Lipinski definition) is 4. The Morgan fingerprint density at radius 2 is 2.24 bits per heavy atom. The second kappa shape index (κ2) is 5.19. The van der Waals surface area contributed by atoms with Crippen molar-refractivity contribution in [1.82, 2.24) is 4.98 Å². The Hall–Kier alpha value is -1.55. The molecule has 0 bridgehead atoms. The molecule has 2 aromatic rings. The lowest BCUT2D eigenvalue weighted by molar-refractivity contribution is 1.09. The monoisotopic (exact) mass is 247 g/mol. The molecule has 0 aliphatic carbocycles. The molecule has 90 valence electrons. The zero-order valence-electron chi connectivity index (χ0n) is 10.2. The summed E-state index contributed by atoms with van der Waals surface area (Å²) < 4.78 is 0. The summed E-state index contributed by atoms with van der Waals surface area (Å²) in [5.41, 5.74) is 8.90. The predicted octanol–water partition coefficient (Wildman–Crippen LogP) is 3.21. The first-order valence-corrected chi connectivity index (χ1v) is 6.55. The second-order valence-electron chi connectivity index (χ2n) is 3.96. The van der Waals surface area contributed by atoms with Crippen LogP contribution in [0.2, 0.25) is 0 Å². The van der Waals surface area contributed by atoms with Gasteiger partial charge in [0.25, 0.3) is 0 Å². The molecule has 0 radical (unpaired) electrons. The minimum absolute atomic E-state index is 0.734. The molecule has 4 heteroatoms. The van der Waals surface area contributed by atoms with E-state index in [4.69, 9.17) is 5.73 Å². The van der Waals surface area contributed by atoms with Crippen molar-refractivity contribution >= 4 is 22.7 Å². The summed E-state index contributed by atoms with van der Waals surface area (Å²) >= 11 is 1.75. The molecule has 3 nitrogen and oxygen atoms in total. The zero-order valence-corrected chi connectivity index (χ0v) is 11.0. The number of rotatable bonds is 4. The first kappa shape index (κ1) is 11.9. The van der Waals surface area contributed by atoms with Crippen LogP contribution >= 0.6 is 11.3 Å². The van der Waals surface area contributed by atoms with Crippen LogP contribution < -0.4 is 11.1 Å². The fourth-order valence-electron chi connectivity index (χ4n) is 1.60. The van der Waals surface area contributed by atoms with Crippen molar-refractivity contribution in [3.63, 3.8) is 0 Å². The summed E-state index contributed by atoms with van der Waals surface area (Å²) in [6.45, 7) is 4.89. The fraction of sp³-hybridized carbons (Fsp3) is 0.308. The third kappa shape index (κ3) is 2.77. The maximum Gasteiger partial charge on any atom is 0.112 e. The van der Waals surface area contributed by atoms with E-state index in [1.807, 2.05) is 31.3 Å². The molecule has 3 N–H and O–H groups in total. The van der Waals surface area contributed by atoms with Crippen molar-refractivity contribution in [3.05, 3.63) is 39.8 Å². The first-order valence-electron chi connectivity index (χ1n) is 5.73. The lowest BCUT2D eigenvalue weighted by Gasteiger charge is -2.09. The van der Waals surface area contributed by atoms with Gasteiger partial charge in [-0.25, -0.2) is 4.98 Å². The van der Waals surface area contributed by atoms with Crippen LogP contribution in [0.1, 0.15) is 22.4 Å². The minimum Gasteiger partial charge on any atom is -0.397 e. The molecule has 0 unspecified atom stereocenters. The number of nitrogen functional groups attached to an aromatic ring is 1. The number of para-hydroxylation sites is 1. The minimum atomic E-state index is 0.734. The van der Waals surface area contributed by atoms with E-state index in [0.29, 0.717) is 0 Å². The maximum absolute atomic E-state index is 6.00. The van der Waals surface area contributed by atoms with Crippen LogP contribution in [0.5, 0.6) is 0 Å². The Kier molecular flexibility index (Phi) is 3.64. The molecule has 2 rings (SSSR count). The third-order valence-corrected chi connectivity index (χ3v) is 3.85. The van der Waals surface area contributed by atoms with E-state index >= 15 is 0 Å². The Balaban J connectivity index is 2.04. The van der Waals surface area contributed by atoms with E-state index in [1.165, 1.54) is 4.88 Å². The summed E-state index contributed by atoms with van der Waals surface area (Å²) in [7, 11) is 0. The van der Waals surface area contributed by atoms with Crippen molar-refractivity contribution in [3.8, 4) is 0 Å². The van der Waals surface area contributed by atoms with Crippen LogP contribution in [0.15, 0.2) is 24.4 Å². The van der Waals surface area contributed by atoms with Crippen LogP contribution in [0, 0.1) is 6.92 Å². The highest BCUT2D eigenvalue weighted by Gasteiger charge is 2.03. The highest BCUT2D eigenvalue weighted by Crippen LogP contribution is 2.23. The molecule has 0 aliphatic rings. The first-order chi connectivity index (χ1) is 8.20. The van der Waals surface area contributed by atoms with Crippen LogP contribution in [0.3, 0.4) is 0 Å². The number of nitrogens with two attached hydrogens (primary N) is 1. The van der Waals surface area contributed by atoms with Gasteiger partial charge in [-0.15, -0.1) is 11.3 Å². The molecule has 17 heavy (non-hydrogen) atoms. The van der Waals surface area contributed by atoms with Gasteiger partial charge in [0.2, 0.25) is 0 Å². The molecule has 0 aliphatic heterocycles. The van der Waals surface area contributed by atoms with Gasteiger partial charge in [-0.3, -0.25) is 0 Å². The Morgan fingerprint density at radius 3 is 2.94 bits per heavy atom. The smallest absolute Gasteiger partial charge is 0.112 e. The number of benzene rings is 1. The van der Waals surface area contributed by atoms with Gasteiger partial charge in [0.15, 0.2) is 0 Å². The van der Waals surface area contributed by atoms with Crippen LogP contribution in [0.4, 0.5) is 11.4 Å². The van der Waals surface area contributed by atoms with Crippen molar-refractivity contribution in [2.24, 2.45) is 0 Å². The summed E-state index contributed by atoms with van der Waals surface area (Å²) in [5, 5.41) is 4.43. The van der Waals surface area contributed by atoms with Gasteiger partial charge in [0, 0.05) is 11.1 Å². The molecule has 0 saturated heterocycles. The molecule has 1 heterocycles.